The SMILES string of the molecule is O=C1CC=CC2=C1C1CC=CC(C1)C2Cl. The van der Waals surface area contributed by atoms with Gasteiger partial charge >= 0.3 is 0 Å². The van der Waals surface area contributed by atoms with Gasteiger partial charge in [0.1, 0.15) is 0 Å². The van der Waals surface area contributed by atoms with Gasteiger partial charge in [0.2, 0.25) is 0 Å². The van der Waals surface area contributed by atoms with Crippen LogP contribution in [0.3, 0.4) is 0 Å². The number of carbonyl (C=O) groups excluding carboxylic acids is 1. The second-order valence-corrected chi connectivity index (χ2v) is 5.03. The molecule has 0 aliphatic heterocycles. The molecule has 3 atom stereocenters. The van der Waals surface area contributed by atoms with Gasteiger partial charge in [0.05, 0.1) is 5.38 Å². The number of allylic oxidation sites excluding steroid dienone is 6. The van der Waals surface area contributed by atoms with E-state index in [-0.39, 0.29) is 11.2 Å². The molecular formula is C13H13ClO. The molecule has 0 fully saturated rings. The van der Waals surface area contributed by atoms with Gasteiger partial charge in [-0.05, 0) is 30.3 Å². The molecular weight excluding hydrogens is 208 g/mol. The Morgan fingerprint density at radius 1 is 1.33 bits per heavy atom. The highest BCUT2D eigenvalue weighted by Crippen LogP contribution is 2.44. The summed E-state index contributed by atoms with van der Waals surface area (Å²) in [5.41, 5.74) is 2.12. The Kier molecular flexibility index (Phi) is 2.10. The molecule has 3 unspecified atom stereocenters. The summed E-state index contributed by atoms with van der Waals surface area (Å²) < 4.78 is 0. The van der Waals surface area contributed by atoms with Crippen LogP contribution in [0.5, 0.6) is 0 Å². The summed E-state index contributed by atoms with van der Waals surface area (Å²) in [7, 11) is 0. The van der Waals surface area contributed by atoms with Crippen molar-refractivity contribution in [1.29, 1.82) is 0 Å². The fraction of sp³-hybridized carbons (Fsp3) is 0.462. The number of hydrogen-bond acceptors (Lipinski definition) is 1. The quantitative estimate of drug-likeness (QED) is 0.453. The van der Waals surface area contributed by atoms with Crippen molar-refractivity contribution in [1.82, 2.24) is 0 Å². The zero-order valence-electron chi connectivity index (χ0n) is 8.45. The Hall–Kier alpha value is -0.820. The normalized spacial score (nSPS) is 38.2. The maximum atomic E-state index is 11.9. The van der Waals surface area contributed by atoms with E-state index in [0.29, 0.717) is 18.3 Å². The van der Waals surface area contributed by atoms with Gasteiger partial charge in [0.15, 0.2) is 5.78 Å². The number of alkyl halides is 1. The van der Waals surface area contributed by atoms with Gasteiger partial charge in [0.25, 0.3) is 0 Å². The Morgan fingerprint density at radius 2 is 2.20 bits per heavy atom. The smallest absolute Gasteiger partial charge is 0.163 e. The number of ketones is 1. The molecule has 3 aliphatic carbocycles. The molecule has 2 bridgehead atoms. The van der Waals surface area contributed by atoms with Crippen molar-refractivity contribution in [3.05, 3.63) is 35.5 Å². The molecule has 1 nitrogen and oxygen atoms in total. The zero-order valence-corrected chi connectivity index (χ0v) is 9.20. The Bertz CT molecular complexity index is 403. The molecule has 0 heterocycles. The predicted octanol–water partition coefficient (Wildman–Crippen LogP) is 3.02. The maximum absolute atomic E-state index is 11.9. The van der Waals surface area contributed by atoms with Gasteiger partial charge in [-0.15, -0.1) is 11.6 Å². The summed E-state index contributed by atoms with van der Waals surface area (Å²) in [6.45, 7) is 0. The number of Topliss-reactive ketones (excluding diaryl/α,β-unsaturated/α-hetero) is 1. The van der Waals surface area contributed by atoms with Gasteiger partial charge in [-0.1, -0.05) is 24.3 Å². The molecule has 0 aromatic carbocycles. The van der Waals surface area contributed by atoms with Crippen molar-refractivity contribution in [2.24, 2.45) is 11.8 Å². The minimum atomic E-state index is 0.00769. The fourth-order valence-corrected chi connectivity index (χ4v) is 3.34. The van der Waals surface area contributed by atoms with E-state index in [2.05, 4.69) is 18.2 Å². The summed E-state index contributed by atoms with van der Waals surface area (Å²) in [4.78, 5) is 11.9. The van der Waals surface area contributed by atoms with E-state index < -0.39 is 0 Å². The third kappa shape index (κ3) is 1.33. The van der Waals surface area contributed by atoms with E-state index >= 15 is 0 Å². The lowest BCUT2D eigenvalue weighted by Crippen LogP contribution is -2.33. The minimum absolute atomic E-state index is 0.00769. The van der Waals surface area contributed by atoms with E-state index in [1.807, 2.05) is 6.08 Å². The first-order valence-corrected chi connectivity index (χ1v) is 5.95. The molecule has 78 valence electrons. The van der Waals surface area contributed by atoms with Crippen LogP contribution in [-0.2, 0) is 4.79 Å². The lowest BCUT2D eigenvalue weighted by molar-refractivity contribution is -0.115. The van der Waals surface area contributed by atoms with Crippen molar-refractivity contribution >= 4 is 17.4 Å². The van der Waals surface area contributed by atoms with Crippen LogP contribution in [0.1, 0.15) is 19.3 Å². The average Bonchev–Trinajstić information content (AvgIpc) is 2.26. The van der Waals surface area contributed by atoms with Gasteiger partial charge in [-0.25, -0.2) is 0 Å². The Labute approximate surface area is 94.5 Å². The highest BCUT2D eigenvalue weighted by atomic mass is 35.5. The molecule has 15 heavy (non-hydrogen) atoms. The second-order valence-electron chi connectivity index (χ2n) is 4.56. The average molecular weight is 221 g/mol. The fourth-order valence-electron chi connectivity index (χ4n) is 2.96. The maximum Gasteiger partial charge on any atom is 0.163 e. The van der Waals surface area contributed by atoms with Gasteiger partial charge in [0, 0.05) is 12.0 Å². The molecule has 2 heteroatoms. The van der Waals surface area contributed by atoms with Crippen LogP contribution in [0, 0.1) is 11.8 Å². The molecule has 0 aromatic heterocycles. The third-order valence-electron chi connectivity index (χ3n) is 3.65. The molecule has 0 saturated heterocycles. The van der Waals surface area contributed by atoms with Crippen LogP contribution in [0.2, 0.25) is 0 Å². The third-order valence-corrected chi connectivity index (χ3v) is 4.21. The topological polar surface area (TPSA) is 17.1 Å². The number of hydrogen-bond donors (Lipinski definition) is 0. The van der Waals surface area contributed by atoms with Crippen molar-refractivity contribution in [3.8, 4) is 0 Å². The molecule has 3 aliphatic rings. The summed E-state index contributed by atoms with van der Waals surface area (Å²) in [6, 6.07) is 0. The van der Waals surface area contributed by atoms with E-state index in [1.54, 1.807) is 0 Å². The second kappa shape index (κ2) is 3.34. The number of rotatable bonds is 0. The Balaban J connectivity index is 2.11. The van der Waals surface area contributed by atoms with Crippen LogP contribution in [0.15, 0.2) is 35.5 Å². The molecule has 0 amide bonds. The highest BCUT2D eigenvalue weighted by Gasteiger charge is 2.38. The van der Waals surface area contributed by atoms with Gasteiger partial charge in [-0.2, -0.15) is 0 Å². The van der Waals surface area contributed by atoms with Crippen LogP contribution < -0.4 is 0 Å². The molecule has 0 radical (unpaired) electrons. The van der Waals surface area contributed by atoms with Crippen LogP contribution in [-0.4, -0.2) is 11.2 Å². The van der Waals surface area contributed by atoms with E-state index in [4.69, 9.17) is 11.6 Å². The molecule has 0 saturated carbocycles. The monoisotopic (exact) mass is 220 g/mol. The summed E-state index contributed by atoms with van der Waals surface area (Å²) in [5.74, 6) is 1.15. The molecule has 0 N–H and O–H groups in total. The summed E-state index contributed by atoms with van der Waals surface area (Å²) in [6.07, 6.45) is 11.0. The largest absolute Gasteiger partial charge is 0.294 e. The standard InChI is InChI=1S/C13H13ClO/c14-13-9-4-1-3-8(7-9)12-10(13)5-2-6-11(12)15/h1-2,4-5,8-9,13H,3,6-7H2. The van der Waals surface area contributed by atoms with Crippen LogP contribution in [0.4, 0.5) is 0 Å². The van der Waals surface area contributed by atoms with E-state index in [1.165, 1.54) is 0 Å². The highest BCUT2D eigenvalue weighted by molar-refractivity contribution is 6.24. The number of fused-ring (bicyclic) bond motifs is 3. The van der Waals surface area contributed by atoms with Gasteiger partial charge < -0.3 is 0 Å². The van der Waals surface area contributed by atoms with E-state index in [0.717, 1.165) is 24.0 Å². The van der Waals surface area contributed by atoms with Crippen molar-refractivity contribution in [2.75, 3.05) is 0 Å². The summed E-state index contributed by atoms with van der Waals surface area (Å²) in [5, 5.41) is 0.00769. The predicted molar refractivity (Wildman–Crippen MR) is 60.8 cm³/mol. The Morgan fingerprint density at radius 3 is 3.07 bits per heavy atom. The molecule has 0 spiro atoms. The minimum Gasteiger partial charge on any atom is -0.294 e. The van der Waals surface area contributed by atoms with Gasteiger partial charge in [-0.3, -0.25) is 4.79 Å². The first kappa shape index (κ1) is 9.41. The number of halogens is 1. The van der Waals surface area contributed by atoms with Crippen LogP contribution in [0.25, 0.3) is 0 Å². The molecule has 0 aromatic rings. The lowest BCUT2D eigenvalue weighted by Gasteiger charge is -2.37. The van der Waals surface area contributed by atoms with Crippen molar-refractivity contribution < 1.29 is 4.79 Å². The first-order valence-electron chi connectivity index (χ1n) is 5.52. The molecule has 3 rings (SSSR count). The zero-order chi connectivity index (χ0) is 10.4. The van der Waals surface area contributed by atoms with E-state index in [9.17, 15) is 4.79 Å². The summed E-state index contributed by atoms with van der Waals surface area (Å²) >= 11 is 6.41. The van der Waals surface area contributed by atoms with Crippen molar-refractivity contribution in [2.45, 2.75) is 24.6 Å². The number of carbonyl (C=O) groups is 1. The lowest BCUT2D eigenvalue weighted by atomic mass is 9.69. The van der Waals surface area contributed by atoms with Crippen LogP contribution >= 0.6 is 11.6 Å². The first-order chi connectivity index (χ1) is 7.27. The van der Waals surface area contributed by atoms with Crippen molar-refractivity contribution in [3.63, 3.8) is 0 Å².